The minimum absolute atomic E-state index is 0.133. The molecular weight excluding hydrogens is 294 g/mol. The summed E-state index contributed by atoms with van der Waals surface area (Å²) in [5, 5.41) is 2.54. The van der Waals surface area contributed by atoms with E-state index in [1.807, 2.05) is 6.07 Å². The number of rotatable bonds is 8. The standard InChI is InChI=1S/C22H27NO/c1-3-4-5-6-7-10-15-23-21-12-9-8-11-19(21)20-14-13-18(17(2)24)16-22(20)23/h8-9,11-14,16H,3-7,10,15H2,1-2H3. The second kappa shape index (κ2) is 7.65. The molecule has 1 aromatic heterocycles. The zero-order valence-corrected chi connectivity index (χ0v) is 14.8. The van der Waals surface area contributed by atoms with Gasteiger partial charge in [0.25, 0.3) is 0 Å². The molecule has 0 saturated carbocycles. The van der Waals surface area contributed by atoms with E-state index in [0.717, 1.165) is 12.1 Å². The van der Waals surface area contributed by atoms with Gasteiger partial charge in [-0.2, -0.15) is 0 Å². The number of aromatic nitrogens is 1. The first-order valence-electron chi connectivity index (χ1n) is 9.24. The SMILES string of the molecule is CCCCCCCCn1c2ccccc2c2ccc(C(C)=O)cc21. The number of carbonyl (C=O) groups excluding carboxylic acids is 1. The van der Waals surface area contributed by atoms with E-state index in [0.29, 0.717) is 0 Å². The summed E-state index contributed by atoms with van der Waals surface area (Å²) in [5.41, 5.74) is 3.27. The Labute approximate surface area is 144 Å². The molecule has 0 spiro atoms. The first kappa shape index (κ1) is 16.8. The minimum atomic E-state index is 0.133. The molecule has 0 atom stereocenters. The topological polar surface area (TPSA) is 22.0 Å². The third-order valence-electron chi connectivity index (χ3n) is 4.92. The van der Waals surface area contributed by atoms with Crippen LogP contribution in [0.3, 0.4) is 0 Å². The third-order valence-corrected chi connectivity index (χ3v) is 4.92. The number of Topliss-reactive ketones (excluding diaryl/α,β-unsaturated/α-hetero) is 1. The molecule has 24 heavy (non-hydrogen) atoms. The summed E-state index contributed by atoms with van der Waals surface area (Å²) < 4.78 is 2.40. The highest BCUT2D eigenvalue weighted by Crippen LogP contribution is 2.30. The summed E-state index contributed by atoms with van der Waals surface area (Å²) in [7, 11) is 0. The van der Waals surface area contributed by atoms with Gasteiger partial charge in [0.05, 0.1) is 0 Å². The lowest BCUT2D eigenvalue weighted by atomic mass is 10.1. The normalized spacial score (nSPS) is 11.4. The average molecular weight is 321 g/mol. The molecule has 0 aliphatic rings. The Morgan fingerprint density at radius 1 is 0.875 bits per heavy atom. The van der Waals surface area contributed by atoms with E-state index in [4.69, 9.17) is 0 Å². The Morgan fingerprint density at radius 3 is 2.38 bits per heavy atom. The van der Waals surface area contributed by atoms with Crippen molar-refractivity contribution in [2.75, 3.05) is 0 Å². The number of ketones is 1. The van der Waals surface area contributed by atoms with Crippen molar-refractivity contribution in [3.63, 3.8) is 0 Å². The number of carbonyl (C=O) groups is 1. The van der Waals surface area contributed by atoms with Gasteiger partial charge in [-0.1, -0.05) is 69.4 Å². The Balaban J connectivity index is 1.91. The molecule has 0 N–H and O–H groups in total. The monoisotopic (exact) mass is 321 g/mol. The number of unbranched alkanes of at least 4 members (excludes halogenated alkanes) is 5. The van der Waals surface area contributed by atoms with Gasteiger partial charge in [-0.15, -0.1) is 0 Å². The fourth-order valence-corrected chi connectivity index (χ4v) is 3.56. The van der Waals surface area contributed by atoms with Crippen molar-refractivity contribution in [1.82, 2.24) is 4.57 Å². The molecule has 1 heterocycles. The number of para-hydroxylation sites is 1. The highest BCUT2D eigenvalue weighted by Gasteiger charge is 2.11. The molecular formula is C22H27NO. The first-order valence-corrected chi connectivity index (χ1v) is 9.24. The molecule has 0 saturated heterocycles. The van der Waals surface area contributed by atoms with Gasteiger partial charge in [0.2, 0.25) is 0 Å². The lowest BCUT2D eigenvalue weighted by molar-refractivity contribution is 0.101. The van der Waals surface area contributed by atoms with Crippen molar-refractivity contribution in [1.29, 1.82) is 0 Å². The third kappa shape index (κ3) is 3.38. The summed E-state index contributed by atoms with van der Waals surface area (Å²) in [4.78, 5) is 11.8. The number of fused-ring (bicyclic) bond motifs is 3. The zero-order chi connectivity index (χ0) is 16.9. The Morgan fingerprint density at radius 2 is 1.58 bits per heavy atom. The smallest absolute Gasteiger partial charge is 0.159 e. The van der Waals surface area contributed by atoms with E-state index in [1.165, 1.54) is 60.3 Å². The quantitative estimate of drug-likeness (QED) is 0.349. The van der Waals surface area contributed by atoms with Crippen LogP contribution < -0.4 is 0 Å². The van der Waals surface area contributed by atoms with Crippen LogP contribution in [-0.4, -0.2) is 10.4 Å². The maximum atomic E-state index is 11.8. The van der Waals surface area contributed by atoms with Gasteiger partial charge in [0.15, 0.2) is 5.78 Å². The Bertz CT molecular complexity index is 844. The molecule has 0 amide bonds. The van der Waals surface area contributed by atoms with Crippen LogP contribution in [-0.2, 0) is 6.54 Å². The van der Waals surface area contributed by atoms with E-state index in [2.05, 4.69) is 47.9 Å². The molecule has 0 bridgehead atoms. The van der Waals surface area contributed by atoms with Crippen molar-refractivity contribution in [3.8, 4) is 0 Å². The lowest BCUT2D eigenvalue weighted by Gasteiger charge is -2.08. The minimum Gasteiger partial charge on any atom is -0.340 e. The molecule has 2 nitrogen and oxygen atoms in total. The predicted molar refractivity (Wildman–Crippen MR) is 103 cm³/mol. The number of nitrogens with zero attached hydrogens (tertiary/aromatic N) is 1. The van der Waals surface area contributed by atoms with Gasteiger partial charge >= 0.3 is 0 Å². The van der Waals surface area contributed by atoms with Crippen LogP contribution in [0.5, 0.6) is 0 Å². The van der Waals surface area contributed by atoms with Gasteiger partial charge in [0, 0.05) is 33.9 Å². The van der Waals surface area contributed by atoms with Crippen molar-refractivity contribution < 1.29 is 4.79 Å². The first-order chi connectivity index (χ1) is 11.7. The highest BCUT2D eigenvalue weighted by atomic mass is 16.1. The molecule has 3 aromatic rings. The van der Waals surface area contributed by atoms with Crippen LogP contribution in [0.1, 0.15) is 62.7 Å². The van der Waals surface area contributed by atoms with Crippen molar-refractivity contribution in [2.24, 2.45) is 0 Å². The Hall–Kier alpha value is -2.09. The molecule has 2 heteroatoms. The van der Waals surface area contributed by atoms with Gasteiger partial charge in [-0.05, 0) is 25.5 Å². The highest BCUT2D eigenvalue weighted by molar-refractivity contribution is 6.10. The summed E-state index contributed by atoms with van der Waals surface area (Å²) in [5.74, 6) is 0.133. The molecule has 0 fully saturated rings. The van der Waals surface area contributed by atoms with Gasteiger partial charge in [0.1, 0.15) is 0 Å². The molecule has 3 rings (SSSR count). The van der Waals surface area contributed by atoms with E-state index >= 15 is 0 Å². The number of hydrogen-bond donors (Lipinski definition) is 0. The predicted octanol–water partition coefficient (Wildman–Crippen LogP) is 6.36. The maximum Gasteiger partial charge on any atom is 0.159 e. The lowest BCUT2D eigenvalue weighted by Crippen LogP contribution is -1.99. The Kier molecular flexibility index (Phi) is 5.34. The van der Waals surface area contributed by atoms with Crippen molar-refractivity contribution in [3.05, 3.63) is 48.0 Å². The second-order valence-corrected chi connectivity index (χ2v) is 6.72. The van der Waals surface area contributed by atoms with Crippen LogP contribution in [0.25, 0.3) is 21.8 Å². The van der Waals surface area contributed by atoms with Crippen molar-refractivity contribution >= 4 is 27.6 Å². The van der Waals surface area contributed by atoms with Gasteiger partial charge in [-0.25, -0.2) is 0 Å². The van der Waals surface area contributed by atoms with Gasteiger partial charge in [-0.3, -0.25) is 4.79 Å². The fraction of sp³-hybridized carbons (Fsp3) is 0.409. The zero-order valence-electron chi connectivity index (χ0n) is 14.8. The fourth-order valence-electron chi connectivity index (χ4n) is 3.56. The molecule has 0 aliphatic heterocycles. The van der Waals surface area contributed by atoms with Crippen LogP contribution in [0.2, 0.25) is 0 Å². The van der Waals surface area contributed by atoms with E-state index in [1.54, 1.807) is 6.92 Å². The van der Waals surface area contributed by atoms with E-state index < -0.39 is 0 Å². The van der Waals surface area contributed by atoms with E-state index in [-0.39, 0.29) is 5.78 Å². The average Bonchev–Trinajstić information content (AvgIpc) is 2.91. The second-order valence-electron chi connectivity index (χ2n) is 6.72. The molecule has 0 unspecified atom stereocenters. The van der Waals surface area contributed by atoms with Crippen LogP contribution in [0, 0.1) is 0 Å². The van der Waals surface area contributed by atoms with Crippen LogP contribution in [0.15, 0.2) is 42.5 Å². The maximum absolute atomic E-state index is 11.8. The van der Waals surface area contributed by atoms with E-state index in [9.17, 15) is 4.79 Å². The number of aryl methyl sites for hydroxylation is 1. The summed E-state index contributed by atoms with van der Waals surface area (Å²) in [6, 6.07) is 14.7. The summed E-state index contributed by atoms with van der Waals surface area (Å²) in [6.07, 6.45) is 7.78. The molecule has 126 valence electrons. The summed E-state index contributed by atoms with van der Waals surface area (Å²) in [6.45, 7) is 4.92. The summed E-state index contributed by atoms with van der Waals surface area (Å²) >= 11 is 0. The van der Waals surface area contributed by atoms with Crippen LogP contribution in [0.4, 0.5) is 0 Å². The number of benzene rings is 2. The molecule has 0 aliphatic carbocycles. The molecule has 2 aromatic carbocycles. The van der Waals surface area contributed by atoms with Gasteiger partial charge < -0.3 is 4.57 Å². The largest absolute Gasteiger partial charge is 0.340 e. The molecule has 0 radical (unpaired) electrons. The van der Waals surface area contributed by atoms with Crippen molar-refractivity contribution in [2.45, 2.75) is 58.9 Å². The number of hydrogen-bond acceptors (Lipinski definition) is 1. The van der Waals surface area contributed by atoms with Crippen LogP contribution >= 0.6 is 0 Å².